The van der Waals surface area contributed by atoms with Gasteiger partial charge in [-0.2, -0.15) is 5.10 Å². The summed E-state index contributed by atoms with van der Waals surface area (Å²) in [7, 11) is 0. The number of halogens is 1. The topological polar surface area (TPSA) is 43.1 Å². The normalized spacial score (nSPS) is 14.7. The lowest BCUT2D eigenvalue weighted by Crippen LogP contribution is -2.36. The first kappa shape index (κ1) is 15.6. The standard InChI is InChI=1S/C19H19FN4O/c20-15-7-6-8-16(13-15)24-18(22-9-4-5-10-22)17(14-21-24)19(25)23-11-2-1-3-12-23/h4-10,13-14H,1-3,11-12H2. The van der Waals surface area contributed by atoms with Crippen LogP contribution in [0.15, 0.2) is 55.0 Å². The van der Waals surface area contributed by atoms with Gasteiger partial charge in [-0.1, -0.05) is 6.07 Å². The van der Waals surface area contributed by atoms with Crippen LogP contribution in [0.4, 0.5) is 4.39 Å². The molecule has 25 heavy (non-hydrogen) atoms. The van der Waals surface area contributed by atoms with Gasteiger partial charge in [-0.05, 0) is 49.6 Å². The Morgan fingerprint density at radius 1 is 1.04 bits per heavy atom. The zero-order chi connectivity index (χ0) is 17.2. The summed E-state index contributed by atoms with van der Waals surface area (Å²) in [5.41, 5.74) is 1.11. The second-order valence-corrected chi connectivity index (χ2v) is 6.22. The van der Waals surface area contributed by atoms with Crippen molar-refractivity contribution in [2.75, 3.05) is 13.1 Å². The number of nitrogens with zero attached hydrogens (tertiary/aromatic N) is 4. The summed E-state index contributed by atoms with van der Waals surface area (Å²) in [6.07, 6.45) is 8.53. The van der Waals surface area contributed by atoms with Crippen LogP contribution in [0.2, 0.25) is 0 Å². The number of carbonyl (C=O) groups excluding carboxylic acids is 1. The van der Waals surface area contributed by atoms with Gasteiger partial charge in [0.1, 0.15) is 11.4 Å². The highest BCUT2D eigenvalue weighted by Gasteiger charge is 2.25. The number of benzene rings is 1. The Morgan fingerprint density at radius 2 is 1.80 bits per heavy atom. The molecule has 1 amide bonds. The minimum Gasteiger partial charge on any atom is -0.338 e. The first-order valence-electron chi connectivity index (χ1n) is 8.50. The minimum absolute atomic E-state index is 0.0222. The summed E-state index contributed by atoms with van der Waals surface area (Å²) in [5, 5.41) is 4.38. The van der Waals surface area contributed by atoms with Crippen molar-refractivity contribution in [3.8, 4) is 11.5 Å². The van der Waals surface area contributed by atoms with Gasteiger partial charge < -0.3 is 9.47 Å². The average Bonchev–Trinajstić information content (AvgIpc) is 3.31. The molecule has 1 aliphatic heterocycles. The maximum absolute atomic E-state index is 13.7. The molecule has 0 N–H and O–H groups in total. The number of carbonyl (C=O) groups is 1. The molecule has 0 spiro atoms. The Kier molecular flexibility index (Phi) is 4.09. The molecule has 1 aromatic carbocycles. The fraction of sp³-hybridized carbons (Fsp3) is 0.263. The zero-order valence-corrected chi connectivity index (χ0v) is 13.8. The van der Waals surface area contributed by atoms with Gasteiger partial charge in [0.2, 0.25) is 0 Å². The third-order valence-corrected chi connectivity index (χ3v) is 4.52. The number of rotatable bonds is 3. The number of piperidine rings is 1. The summed E-state index contributed by atoms with van der Waals surface area (Å²) >= 11 is 0. The second kappa shape index (κ2) is 6.55. The number of hydrogen-bond donors (Lipinski definition) is 0. The Balaban J connectivity index is 1.81. The SMILES string of the molecule is O=C(c1cnn(-c2cccc(F)c2)c1-n1cccc1)N1CCCCC1. The van der Waals surface area contributed by atoms with E-state index in [1.807, 2.05) is 34.0 Å². The molecular formula is C19H19FN4O. The van der Waals surface area contributed by atoms with Crippen LogP contribution < -0.4 is 0 Å². The van der Waals surface area contributed by atoms with E-state index in [4.69, 9.17) is 0 Å². The van der Waals surface area contributed by atoms with Gasteiger partial charge in [0.25, 0.3) is 5.91 Å². The molecule has 0 atom stereocenters. The molecule has 2 aromatic heterocycles. The molecule has 0 bridgehead atoms. The van der Waals surface area contributed by atoms with Gasteiger partial charge in [0.15, 0.2) is 5.82 Å². The van der Waals surface area contributed by atoms with E-state index in [2.05, 4.69) is 5.10 Å². The average molecular weight is 338 g/mol. The molecule has 0 aliphatic carbocycles. The quantitative estimate of drug-likeness (QED) is 0.734. The van der Waals surface area contributed by atoms with Crippen LogP contribution in [0.3, 0.4) is 0 Å². The largest absolute Gasteiger partial charge is 0.338 e. The second-order valence-electron chi connectivity index (χ2n) is 6.22. The van der Waals surface area contributed by atoms with Gasteiger partial charge in [-0.15, -0.1) is 0 Å². The van der Waals surface area contributed by atoms with E-state index in [0.717, 1.165) is 32.4 Å². The summed E-state index contributed by atoms with van der Waals surface area (Å²) < 4.78 is 17.1. The first-order valence-corrected chi connectivity index (χ1v) is 8.50. The van der Waals surface area contributed by atoms with Crippen LogP contribution in [0.25, 0.3) is 11.5 Å². The van der Waals surface area contributed by atoms with Crippen molar-refractivity contribution in [3.05, 3.63) is 66.4 Å². The maximum Gasteiger partial charge on any atom is 0.259 e. The van der Waals surface area contributed by atoms with Crippen molar-refractivity contribution in [3.63, 3.8) is 0 Å². The van der Waals surface area contributed by atoms with Crippen LogP contribution in [0.1, 0.15) is 29.6 Å². The predicted octanol–water partition coefficient (Wildman–Crippen LogP) is 3.43. The third kappa shape index (κ3) is 2.95. The van der Waals surface area contributed by atoms with Crippen LogP contribution in [-0.4, -0.2) is 38.2 Å². The molecule has 3 heterocycles. The highest BCUT2D eigenvalue weighted by Crippen LogP contribution is 2.23. The Labute approximate surface area is 145 Å². The van der Waals surface area contributed by atoms with Crippen molar-refractivity contribution in [2.24, 2.45) is 0 Å². The van der Waals surface area contributed by atoms with E-state index in [1.54, 1.807) is 23.0 Å². The molecule has 128 valence electrons. The molecule has 5 nitrogen and oxygen atoms in total. The molecule has 1 saturated heterocycles. The van der Waals surface area contributed by atoms with E-state index in [1.165, 1.54) is 12.1 Å². The van der Waals surface area contributed by atoms with Crippen LogP contribution in [-0.2, 0) is 0 Å². The first-order chi connectivity index (χ1) is 12.2. The molecule has 1 aliphatic rings. The van der Waals surface area contributed by atoms with E-state index in [0.29, 0.717) is 17.1 Å². The lowest BCUT2D eigenvalue weighted by Gasteiger charge is -2.26. The zero-order valence-electron chi connectivity index (χ0n) is 13.8. The minimum atomic E-state index is -0.338. The Bertz CT molecular complexity index is 879. The summed E-state index contributed by atoms with van der Waals surface area (Å²) in [6.45, 7) is 1.55. The fourth-order valence-electron chi connectivity index (χ4n) is 3.28. The van der Waals surface area contributed by atoms with E-state index in [-0.39, 0.29) is 11.7 Å². The molecule has 0 saturated carbocycles. The third-order valence-electron chi connectivity index (χ3n) is 4.52. The smallest absolute Gasteiger partial charge is 0.259 e. The predicted molar refractivity (Wildman–Crippen MR) is 92.6 cm³/mol. The van der Waals surface area contributed by atoms with Gasteiger partial charge in [-0.25, -0.2) is 9.07 Å². The molecular weight excluding hydrogens is 319 g/mol. The van der Waals surface area contributed by atoms with Crippen LogP contribution in [0.5, 0.6) is 0 Å². The fourth-order valence-corrected chi connectivity index (χ4v) is 3.28. The number of likely N-dealkylation sites (tertiary alicyclic amines) is 1. The molecule has 0 radical (unpaired) electrons. The van der Waals surface area contributed by atoms with Crippen molar-refractivity contribution < 1.29 is 9.18 Å². The van der Waals surface area contributed by atoms with Crippen LogP contribution >= 0.6 is 0 Å². The van der Waals surface area contributed by atoms with Crippen molar-refractivity contribution in [1.82, 2.24) is 19.2 Å². The monoisotopic (exact) mass is 338 g/mol. The van der Waals surface area contributed by atoms with Crippen molar-refractivity contribution >= 4 is 5.91 Å². The highest BCUT2D eigenvalue weighted by molar-refractivity contribution is 5.97. The summed E-state index contributed by atoms with van der Waals surface area (Å²) in [4.78, 5) is 14.9. The summed E-state index contributed by atoms with van der Waals surface area (Å²) in [6, 6.07) is 9.99. The number of aromatic nitrogens is 3. The maximum atomic E-state index is 13.7. The van der Waals surface area contributed by atoms with Crippen molar-refractivity contribution in [1.29, 1.82) is 0 Å². The number of amides is 1. The van der Waals surface area contributed by atoms with Gasteiger partial charge in [0, 0.05) is 25.5 Å². The molecule has 1 fully saturated rings. The van der Waals surface area contributed by atoms with Crippen LogP contribution in [0, 0.1) is 5.82 Å². The Hall–Kier alpha value is -2.89. The van der Waals surface area contributed by atoms with E-state index in [9.17, 15) is 9.18 Å². The molecule has 6 heteroatoms. The number of hydrogen-bond acceptors (Lipinski definition) is 2. The Morgan fingerprint density at radius 3 is 2.52 bits per heavy atom. The van der Waals surface area contributed by atoms with Gasteiger partial charge in [-0.3, -0.25) is 4.79 Å². The van der Waals surface area contributed by atoms with Crippen molar-refractivity contribution in [2.45, 2.75) is 19.3 Å². The highest BCUT2D eigenvalue weighted by atomic mass is 19.1. The van der Waals surface area contributed by atoms with Gasteiger partial charge in [0.05, 0.1) is 11.9 Å². The lowest BCUT2D eigenvalue weighted by atomic mass is 10.1. The van der Waals surface area contributed by atoms with Gasteiger partial charge >= 0.3 is 0 Å². The lowest BCUT2D eigenvalue weighted by molar-refractivity contribution is 0.0724. The van der Waals surface area contributed by atoms with E-state index >= 15 is 0 Å². The molecule has 3 aromatic rings. The van der Waals surface area contributed by atoms with E-state index < -0.39 is 0 Å². The molecule has 0 unspecified atom stereocenters. The summed E-state index contributed by atoms with van der Waals surface area (Å²) in [5.74, 6) is 0.271. The molecule has 4 rings (SSSR count).